The van der Waals surface area contributed by atoms with Crippen LogP contribution in [0.5, 0.6) is 0 Å². The molecule has 0 saturated carbocycles. The number of hydrogen-bond donors (Lipinski definition) is 3. The third-order valence-electron chi connectivity index (χ3n) is 16.8. The largest absolute Gasteiger partial charge is 0.472 e. The fraction of sp³-hybridized carbons (Fsp3) is 0.957. The van der Waals surface area contributed by atoms with Crippen molar-refractivity contribution in [2.45, 2.75) is 392 Å². The molecule has 9 heteroatoms. The highest BCUT2D eigenvalue weighted by molar-refractivity contribution is 7.47. The first-order valence-corrected chi connectivity index (χ1v) is 37.0. The van der Waals surface area contributed by atoms with Crippen LogP contribution in [0.2, 0.25) is 0 Å². The van der Waals surface area contributed by atoms with Crippen molar-refractivity contribution in [2.24, 2.45) is 0 Å². The Hall–Kier alpha value is -0.760. The van der Waals surface area contributed by atoms with Gasteiger partial charge in [0.05, 0.1) is 39.9 Å². The summed E-state index contributed by atoms with van der Waals surface area (Å²) in [7, 11) is 1.64. The third-order valence-corrected chi connectivity index (χ3v) is 17.7. The maximum Gasteiger partial charge on any atom is 0.472 e. The quantitative estimate of drug-likeness (QED) is 0.0243. The number of aliphatic hydroxyl groups excluding tert-OH is 1. The molecular weight excluding hydrogens is 996 g/mol. The minimum atomic E-state index is -4.33. The first-order valence-electron chi connectivity index (χ1n) is 35.6. The van der Waals surface area contributed by atoms with Gasteiger partial charge in [-0.2, -0.15) is 0 Å². The summed E-state index contributed by atoms with van der Waals surface area (Å²) in [5.41, 5.74) is 0. The van der Waals surface area contributed by atoms with Crippen molar-refractivity contribution in [3.63, 3.8) is 0 Å². The number of carbonyl (C=O) groups excluding carboxylic acids is 1. The van der Waals surface area contributed by atoms with Crippen molar-refractivity contribution < 1.29 is 32.9 Å². The van der Waals surface area contributed by atoms with Crippen molar-refractivity contribution in [2.75, 3.05) is 40.9 Å². The molecule has 0 saturated heterocycles. The lowest BCUT2D eigenvalue weighted by molar-refractivity contribution is -0.870. The van der Waals surface area contributed by atoms with E-state index in [1.54, 1.807) is 0 Å². The fourth-order valence-electron chi connectivity index (χ4n) is 11.2. The van der Waals surface area contributed by atoms with Crippen LogP contribution in [0.25, 0.3) is 0 Å². The van der Waals surface area contributed by atoms with E-state index in [2.05, 4.69) is 31.3 Å². The summed E-state index contributed by atoms with van der Waals surface area (Å²) in [4.78, 5) is 23.5. The van der Waals surface area contributed by atoms with Gasteiger partial charge in [0.25, 0.3) is 0 Å². The lowest BCUT2D eigenvalue weighted by Gasteiger charge is -2.26. The number of carbonyl (C=O) groups is 1. The van der Waals surface area contributed by atoms with Gasteiger partial charge in [0.1, 0.15) is 13.2 Å². The van der Waals surface area contributed by atoms with Gasteiger partial charge in [-0.25, -0.2) is 4.57 Å². The molecule has 8 nitrogen and oxygen atoms in total. The van der Waals surface area contributed by atoms with Gasteiger partial charge in [-0.1, -0.05) is 347 Å². The molecule has 0 aromatic carbocycles. The van der Waals surface area contributed by atoms with Gasteiger partial charge in [0, 0.05) is 6.42 Å². The predicted molar refractivity (Wildman–Crippen MR) is 346 cm³/mol. The van der Waals surface area contributed by atoms with Gasteiger partial charge < -0.3 is 19.8 Å². The molecule has 3 atom stereocenters. The Morgan fingerprint density at radius 1 is 0.418 bits per heavy atom. The van der Waals surface area contributed by atoms with E-state index in [1.165, 1.54) is 315 Å². The van der Waals surface area contributed by atoms with Crippen molar-refractivity contribution in [1.29, 1.82) is 0 Å². The van der Waals surface area contributed by atoms with Gasteiger partial charge in [-0.15, -0.1) is 0 Å². The smallest absolute Gasteiger partial charge is 0.391 e. The van der Waals surface area contributed by atoms with Crippen LogP contribution in [-0.2, 0) is 18.4 Å². The van der Waals surface area contributed by atoms with Gasteiger partial charge >= 0.3 is 7.82 Å². The van der Waals surface area contributed by atoms with Crippen LogP contribution >= 0.6 is 7.82 Å². The SMILES string of the molecule is CCCCCCCCCCCCCCCC/C=C\CCCCCCCCCCCCCCCCCCCC(=O)NC(COP(=O)(O)OCC[N+](C)(C)C)C(O)CCCCCCCCCCCCCCCCCCCCCCCC. The normalized spacial score (nSPS) is 13.7. The summed E-state index contributed by atoms with van der Waals surface area (Å²) in [5.74, 6) is -0.135. The molecule has 1 amide bonds. The second-order valence-electron chi connectivity index (χ2n) is 26.0. The maximum absolute atomic E-state index is 13.1. The highest BCUT2D eigenvalue weighted by atomic mass is 31.2. The van der Waals surface area contributed by atoms with Crippen LogP contribution in [0.15, 0.2) is 12.2 Å². The van der Waals surface area contributed by atoms with Crippen LogP contribution in [0.4, 0.5) is 0 Å². The molecule has 0 heterocycles. The molecule has 0 aromatic rings. The molecule has 0 rings (SSSR count). The van der Waals surface area contributed by atoms with E-state index < -0.39 is 20.0 Å². The van der Waals surface area contributed by atoms with E-state index in [9.17, 15) is 19.4 Å². The predicted octanol–water partition coefficient (Wildman–Crippen LogP) is 22.5. The average Bonchev–Trinajstić information content (AvgIpc) is 3.42. The molecule has 79 heavy (non-hydrogen) atoms. The Balaban J connectivity index is 3.95. The zero-order valence-electron chi connectivity index (χ0n) is 54.2. The van der Waals surface area contributed by atoms with E-state index in [-0.39, 0.29) is 19.1 Å². The Bertz CT molecular complexity index is 1290. The van der Waals surface area contributed by atoms with Crippen molar-refractivity contribution in [3.8, 4) is 0 Å². The molecule has 0 radical (unpaired) electrons. The van der Waals surface area contributed by atoms with E-state index in [0.717, 1.165) is 38.5 Å². The molecule has 0 aliphatic rings. The second-order valence-corrected chi connectivity index (χ2v) is 27.4. The Kier molecular flexibility index (Phi) is 61.2. The molecule has 0 bridgehead atoms. The Morgan fingerprint density at radius 3 is 0.975 bits per heavy atom. The first kappa shape index (κ1) is 78.2. The number of unbranched alkanes of at least 4 members (excludes halogenated alkanes) is 52. The van der Waals surface area contributed by atoms with E-state index in [4.69, 9.17) is 9.05 Å². The second kappa shape index (κ2) is 61.8. The maximum atomic E-state index is 13.1. The highest BCUT2D eigenvalue weighted by Crippen LogP contribution is 2.43. The summed E-state index contributed by atoms with van der Waals surface area (Å²) in [6, 6.07) is -0.758. The van der Waals surface area contributed by atoms with Crippen molar-refractivity contribution >= 4 is 13.7 Å². The van der Waals surface area contributed by atoms with Crippen LogP contribution in [0.3, 0.4) is 0 Å². The van der Waals surface area contributed by atoms with Crippen LogP contribution < -0.4 is 5.32 Å². The number of phosphoric acid groups is 1. The number of nitrogens with zero attached hydrogens (tertiary/aromatic N) is 1. The number of aliphatic hydroxyl groups is 1. The molecule has 0 aromatic heterocycles. The van der Waals surface area contributed by atoms with E-state index in [1.807, 2.05) is 21.1 Å². The Morgan fingerprint density at radius 2 is 0.684 bits per heavy atom. The fourth-order valence-corrected chi connectivity index (χ4v) is 12.0. The number of quaternary nitrogens is 1. The summed E-state index contributed by atoms with van der Waals surface area (Å²) in [6.45, 7) is 4.96. The van der Waals surface area contributed by atoms with Crippen LogP contribution in [-0.4, -0.2) is 73.4 Å². The van der Waals surface area contributed by atoms with E-state index in [0.29, 0.717) is 23.9 Å². The monoisotopic (exact) mass is 1140 g/mol. The zero-order valence-corrected chi connectivity index (χ0v) is 55.1. The minimum absolute atomic E-state index is 0.0782. The number of hydrogen-bond acceptors (Lipinski definition) is 5. The van der Waals surface area contributed by atoms with Gasteiger partial charge in [0.15, 0.2) is 0 Å². The summed E-state index contributed by atoms with van der Waals surface area (Å²) in [5, 5.41) is 14.1. The van der Waals surface area contributed by atoms with Crippen LogP contribution in [0, 0.1) is 0 Å². The molecule has 3 unspecified atom stereocenters. The summed E-state index contributed by atoms with van der Waals surface area (Å²) >= 11 is 0. The molecule has 472 valence electrons. The van der Waals surface area contributed by atoms with E-state index >= 15 is 0 Å². The molecule has 0 spiro atoms. The highest BCUT2D eigenvalue weighted by Gasteiger charge is 2.28. The lowest BCUT2D eigenvalue weighted by atomic mass is 10.0. The molecule has 0 fully saturated rings. The zero-order chi connectivity index (χ0) is 57.7. The molecular formula is C70H142N2O6P+. The number of allylic oxidation sites excluding steroid dienone is 2. The van der Waals surface area contributed by atoms with Gasteiger partial charge in [-0.05, 0) is 38.5 Å². The number of phosphoric ester groups is 1. The number of rotatable bonds is 67. The average molecular weight is 1140 g/mol. The van der Waals surface area contributed by atoms with Crippen molar-refractivity contribution in [3.05, 3.63) is 12.2 Å². The summed E-state index contributed by atoms with van der Waals surface area (Å²) < 4.78 is 23.9. The third kappa shape index (κ3) is 64.7. The van der Waals surface area contributed by atoms with Gasteiger partial charge in [-0.3, -0.25) is 13.8 Å². The topological polar surface area (TPSA) is 105 Å². The van der Waals surface area contributed by atoms with Crippen molar-refractivity contribution in [1.82, 2.24) is 5.32 Å². The minimum Gasteiger partial charge on any atom is -0.391 e. The number of nitrogens with one attached hydrogen (secondary N) is 1. The summed E-state index contributed by atoms with van der Waals surface area (Å²) in [6.07, 6.45) is 78.9. The standard InChI is InChI=1S/C70H141N2O6P/c1-6-8-10-12-14-16-18-20-22-24-26-28-30-31-32-33-34-35-36-37-38-39-40-41-42-44-46-48-50-52-54-56-58-60-62-64-70(74)71-68(67-78-79(75,76)77-66-65-72(3,4)5)69(73)63-61-59-57-55-53-51-49-47-45-43-29-27-25-23-21-19-17-15-13-11-9-7-2/h33-34,68-69,73H,6-32,35-67H2,1-5H3,(H-,71,74,75,76)/p+1/b34-33-. The Labute approximate surface area is 494 Å². The molecule has 3 N–H and O–H groups in total. The molecule has 0 aliphatic heterocycles. The molecule has 0 aliphatic carbocycles. The number of amides is 1. The lowest BCUT2D eigenvalue weighted by Crippen LogP contribution is -2.46. The first-order chi connectivity index (χ1) is 38.5. The van der Waals surface area contributed by atoms with Gasteiger partial charge in [0.2, 0.25) is 5.91 Å². The number of likely N-dealkylation sites (N-methyl/N-ethyl adjacent to an activating group) is 1. The van der Waals surface area contributed by atoms with Crippen LogP contribution in [0.1, 0.15) is 380 Å².